The van der Waals surface area contributed by atoms with Crippen molar-refractivity contribution in [2.75, 3.05) is 19.6 Å². The molecule has 2 atom stereocenters. The molecule has 6 heteroatoms. The molecule has 1 amide bonds. The highest BCUT2D eigenvalue weighted by Crippen LogP contribution is 2.21. The molecular formula is C19H21FN2O3. The Bertz CT molecular complexity index is 736. The van der Waals surface area contributed by atoms with Crippen molar-refractivity contribution in [2.45, 2.75) is 18.6 Å². The summed E-state index contributed by atoms with van der Waals surface area (Å²) >= 11 is 0. The Morgan fingerprint density at radius 1 is 1.24 bits per heavy atom. The number of ether oxygens (including phenoxy) is 1. The number of amides is 1. The van der Waals surface area contributed by atoms with E-state index in [4.69, 9.17) is 10.5 Å². The number of nitrogens with two attached hydrogens (primary N) is 1. The molecule has 0 saturated carbocycles. The summed E-state index contributed by atoms with van der Waals surface area (Å²) in [5.41, 5.74) is 7.15. The first-order chi connectivity index (χ1) is 12.1. The van der Waals surface area contributed by atoms with Crippen molar-refractivity contribution >= 4 is 5.91 Å². The fraction of sp³-hybridized carbons (Fsp3) is 0.316. The normalized spacial score (nSPS) is 19.9. The van der Waals surface area contributed by atoms with Crippen LogP contribution in [0.2, 0.25) is 0 Å². The largest absolute Gasteiger partial charge is 0.486 e. The molecule has 0 unspecified atom stereocenters. The molecule has 2 aromatic carbocycles. The number of halogens is 1. The number of nitrogens with zero attached hydrogens (tertiary/aromatic N) is 1. The summed E-state index contributed by atoms with van der Waals surface area (Å²) < 4.78 is 18.9. The molecule has 3 rings (SSSR count). The summed E-state index contributed by atoms with van der Waals surface area (Å²) in [5.74, 6) is -0.233. The Balaban J connectivity index is 1.65. The Hall–Kier alpha value is -2.44. The van der Waals surface area contributed by atoms with E-state index in [9.17, 15) is 14.3 Å². The van der Waals surface area contributed by atoms with Crippen LogP contribution in [0.25, 0.3) is 0 Å². The minimum Gasteiger partial charge on any atom is -0.486 e. The van der Waals surface area contributed by atoms with Gasteiger partial charge in [-0.3, -0.25) is 4.79 Å². The van der Waals surface area contributed by atoms with Gasteiger partial charge >= 0.3 is 0 Å². The summed E-state index contributed by atoms with van der Waals surface area (Å²) in [4.78, 5) is 14.1. The summed E-state index contributed by atoms with van der Waals surface area (Å²) in [6.45, 7) is 0.995. The van der Waals surface area contributed by atoms with Crippen molar-refractivity contribution in [3.63, 3.8) is 0 Å². The highest BCUT2D eigenvalue weighted by molar-refractivity contribution is 5.94. The maximum Gasteiger partial charge on any atom is 0.254 e. The second-order valence-electron chi connectivity index (χ2n) is 6.13. The monoisotopic (exact) mass is 344 g/mol. The molecule has 0 spiro atoms. The molecule has 1 aliphatic rings. The molecular weight excluding hydrogens is 323 g/mol. The number of β-amino-alcohol motifs (C(OH)–C–C–N with tert-alkyl or cyclic N) is 1. The number of aliphatic hydroxyl groups excluding tert-OH is 1. The summed E-state index contributed by atoms with van der Waals surface area (Å²) in [7, 11) is 0. The molecule has 0 bridgehead atoms. The van der Waals surface area contributed by atoms with Gasteiger partial charge in [0.1, 0.15) is 23.8 Å². The fourth-order valence-corrected chi connectivity index (χ4v) is 2.92. The van der Waals surface area contributed by atoms with E-state index in [1.807, 2.05) is 12.1 Å². The van der Waals surface area contributed by atoms with E-state index < -0.39 is 18.0 Å². The van der Waals surface area contributed by atoms with Crippen LogP contribution in [0, 0.1) is 5.82 Å². The predicted molar refractivity (Wildman–Crippen MR) is 91.9 cm³/mol. The van der Waals surface area contributed by atoms with Crippen molar-refractivity contribution < 1.29 is 19.0 Å². The average Bonchev–Trinajstić information content (AvgIpc) is 2.96. The maximum atomic E-state index is 13.2. The summed E-state index contributed by atoms with van der Waals surface area (Å²) in [6.07, 6.45) is -0.633. The van der Waals surface area contributed by atoms with Crippen molar-refractivity contribution in [1.82, 2.24) is 4.90 Å². The van der Waals surface area contributed by atoms with Gasteiger partial charge in [-0.2, -0.15) is 0 Å². The second-order valence-corrected chi connectivity index (χ2v) is 6.13. The third kappa shape index (κ3) is 4.15. The highest BCUT2D eigenvalue weighted by atomic mass is 19.1. The van der Waals surface area contributed by atoms with Crippen molar-refractivity contribution in [1.29, 1.82) is 0 Å². The van der Waals surface area contributed by atoms with Crippen LogP contribution in [0.4, 0.5) is 4.39 Å². The van der Waals surface area contributed by atoms with E-state index in [1.54, 1.807) is 23.1 Å². The number of aliphatic hydroxyl groups is 1. The molecule has 1 fully saturated rings. The van der Waals surface area contributed by atoms with Gasteiger partial charge in [0.2, 0.25) is 0 Å². The van der Waals surface area contributed by atoms with Gasteiger partial charge in [-0.15, -0.1) is 0 Å². The molecule has 1 aliphatic heterocycles. The number of carbonyl (C=O) groups excluding carboxylic acids is 1. The van der Waals surface area contributed by atoms with Crippen molar-refractivity contribution in [2.24, 2.45) is 5.73 Å². The number of benzene rings is 2. The first-order valence-corrected chi connectivity index (χ1v) is 8.25. The van der Waals surface area contributed by atoms with Gasteiger partial charge < -0.3 is 20.5 Å². The van der Waals surface area contributed by atoms with Gasteiger partial charge in [0, 0.05) is 11.6 Å². The minimum absolute atomic E-state index is 0.163. The lowest BCUT2D eigenvalue weighted by Gasteiger charge is -2.17. The second kappa shape index (κ2) is 7.63. The fourth-order valence-electron chi connectivity index (χ4n) is 2.92. The van der Waals surface area contributed by atoms with Crippen LogP contribution in [0.3, 0.4) is 0 Å². The standard InChI is InChI=1S/C19H21FN2O3/c20-15-2-1-3-16(10-15)25-18-12-22(11-17(18)23)19(24)14-6-4-13(5-7-14)8-9-21/h1-7,10,17-18,23H,8-9,11-12,21H2/t17-,18-/m1/s1. The van der Waals surface area contributed by atoms with Crippen LogP contribution in [0.5, 0.6) is 5.75 Å². The molecule has 1 saturated heterocycles. The van der Waals surface area contributed by atoms with E-state index in [1.165, 1.54) is 18.2 Å². The van der Waals surface area contributed by atoms with Crippen LogP contribution < -0.4 is 10.5 Å². The van der Waals surface area contributed by atoms with E-state index in [-0.39, 0.29) is 19.0 Å². The number of hydrogen-bond acceptors (Lipinski definition) is 4. The van der Waals surface area contributed by atoms with Crippen LogP contribution in [-0.2, 0) is 6.42 Å². The zero-order valence-corrected chi connectivity index (χ0v) is 13.8. The number of hydrogen-bond donors (Lipinski definition) is 2. The topological polar surface area (TPSA) is 75.8 Å². The SMILES string of the molecule is NCCc1ccc(C(=O)N2C[C@@H](O)[C@H](Oc3cccc(F)c3)C2)cc1. The summed E-state index contributed by atoms with van der Waals surface area (Å²) in [5, 5.41) is 10.2. The van der Waals surface area contributed by atoms with E-state index >= 15 is 0 Å². The van der Waals surface area contributed by atoms with Crippen LogP contribution in [0.1, 0.15) is 15.9 Å². The van der Waals surface area contributed by atoms with E-state index in [0.29, 0.717) is 17.9 Å². The van der Waals surface area contributed by atoms with Crippen LogP contribution in [0.15, 0.2) is 48.5 Å². The molecule has 0 aromatic heterocycles. The van der Waals surface area contributed by atoms with E-state index in [0.717, 1.165) is 12.0 Å². The Morgan fingerprint density at radius 2 is 2.00 bits per heavy atom. The molecule has 2 aromatic rings. The zero-order chi connectivity index (χ0) is 17.8. The molecule has 1 heterocycles. The highest BCUT2D eigenvalue weighted by Gasteiger charge is 2.36. The van der Waals surface area contributed by atoms with Gasteiger partial charge in [-0.05, 0) is 42.8 Å². The number of likely N-dealkylation sites (tertiary alicyclic amines) is 1. The first kappa shape index (κ1) is 17.4. The van der Waals surface area contributed by atoms with Gasteiger partial charge in [0.05, 0.1) is 13.1 Å². The van der Waals surface area contributed by atoms with Crippen LogP contribution in [-0.4, -0.2) is 47.8 Å². The lowest BCUT2D eigenvalue weighted by Crippen LogP contribution is -2.31. The quantitative estimate of drug-likeness (QED) is 0.864. The van der Waals surface area contributed by atoms with E-state index in [2.05, 4.69) is 0 Å². The third-order valence-corrected chi connectivity index (χ3v) is 4.24. The molecule has 0 radical (unpaired) electrons. The average molecular weight is 344 g/mol. The van der Waals surface area contributed by atoms with Gasteiger partial charge in [0.15, 0.2) is 0 Å². The molecule has 25 heavy (non-hydrogen) atoms. The summed E-state index contributed by atoms with van der Waals surface area (Å²) in [6, 6.07) is 13.0. The number of carbonyl (C=O) groups is 1. The number of rotatable bonds is 5. The maximum absolute atomic E-state index is 13.2. The molecule has 5 nitrogen and oxygen atoms in total. The van der Waals surface area contributed by atoms with Crippen molar-refractivity contribution in [3.05, 3.63) is 65.5 Å². The smallest absolute Gasteiger partial charge is 0.254 e. The molecule has 132 valence electrons. The van der Waals surface area contributed by atoms with Gasteiger partial charge in [0.25, 0.3) is 5.91 Å². The predicted octanol–water partition coefficient (Wildman–Crippen LogP) is 1.59. The lowest BCUT2D eigenvalue weighted by atomic mass is 10.1. The van der Waals surface area contributed by atoms with Crippen LogP contribution >= 0.6 is 0 Å². The Labute approximate surface area is 145 Å². The first-order valence-electron chi connectivity index (χ1n) is 8.25. The Morgan fingerprint density at radius 3 is 2.68 bits per heavy atom. The van der Waals surface area contributed by atoms with Crippen molar-refractivity contribution in [3.8, 4) is 5.75 Å². The molecule has 3 N–H and O–H groups in total. The molecule has 0 aliphatic carbocycles. The van der Waals surface area contributed by atoms with Gasteiger partial charge in [-0.25, -0.2) is 4.39 Å². The zero-order valence-electron chi connectivity index (χ0n) is 13.8. The Kier molecular flexibility index (Phi) is 5.31. The van der Waals surface area contributed by atoms with Gasteiger partial charge in [-0.1, -0.05) is 18.2 Å². The lowest BCUT2D eigenvalue weighted by molar-refractivity contribution is 0.0728. The minimum atomic E-state index is -0.816. The third-order valence-electron chi connectivity index (χ3n) is 4.24.